The third kappa shape index (κ3) is 4.21. The Kier molecular flexibility index (Phi) is 4.93. The van der Waals surface area contributed by atoms with Crippen LogP contribution in [0.1, 0.15) is 37.5 Å². The van der Waals surface area contributed by atoms with Crippen molar-refractivity contribution in [2.24, 2.45) is 4.99 Å². The number of aliphatic imine (C=N–C) groups is 1. The van der Waals surface area contributed by atoms with Gasteiger partial charge in [0.1, 0.15) is 5.75 Å². The lowest BCUT2D eigenvalue weighted by molar-refractivity contribution is 0.475. The molecule has 0 unspecified atom stereocenters. The van der Waals surface area contributed by atoms with Crippen LogP contribution < -0.4 is 0 Å². The normalized spacial score (nSPS) is 12.1. The quantitative estimate of drug-likeness (QED) is 0.450. The molecule has 4 nitrogen and oxygen atoms in total. The van der Waals surface area contributed by atoms with Gasteiger partial charge in [-0.2, -0.15) is 0 Å². The molecule has 1 aromatic heterocycles. The fourth-order valence-electron chi connectivity index (χ4n) is 3.30. The second-order valence-corrected chi connectivity index (χ2v) is 8.28. The number of aromatic hydroxyl groups is 1. The lowest BCUT2D eigenvalue weighted by Crippen LogP contribution is -2.11. The Morgan fingerprint density at radius 3 is 2.31 bits per heavy atom. The molecule has 0 saturated carbocycles. The summed E-state index contributed by atoms with van der Waals surface area (Å²) in [5.74, 6) is 0.910. The van der Waals surface area contributed by atoms with E-state index in [-0.39, 0.29) is 11.2 Å². The van der Waals surface area contributed by atoms with Gasteiger partial charge in [-0.15, -0.1) is 0 Å². The molecule has 0 saturated heterocycles. The minimum absolute atomic E-state index is 0.139. The van der Waals surface area contributed by atoms with E-state index in [1.165, 1.54) is 11.1 Å². The van der Waals surface area contributed by atoms with E-state index in [2.05, 4.69) is 60.7 Å². The lowest BCUT2D eigenvalue weighted by atomic mass is 9.87. The molecule has 0 amide bonds. The average Bonchev–Trinajstić information content (AvgIpc) is 3.05. The Bertz CT molecular complexity index is 1150. The van der Waals surface area contributed by atoms with Crippen LogP contribution in [-0.4, -0.2) is 20.9 Å². The molecule has 0 fully saturated rings. The Morgan fingerprint density at radius 1 is 0.931 bits per heavy atom. The van der Waals surface area contributed by atoms with Gasteiger partial charge in [-0.3, -0.25) is 0 Å². The highest BCUT2D eigenvalue weighted by Crippen LogP contribution is 2.25. The minimum Gasteiger partial charge on any atom is -0.508 e. The van der Waals surface area contributed by atoms with E-state index in [9.17, 15) is 5.11 Å². The van der Waals surface area contributed by atoms with Crippen LogP contribution in [0.5, 0.6) is 5.75 Å². The predicted octanol–water partition coefficient (Wildman–Crippen LogP) is 5.84. The standard InChI is InChI=1S/C25H25N3O/c1-25(2,3)20-12-8-19(9-13-20)17-28-23-7-5-4-6-22(23)27-24(28)26-16-18-10-14-21(29)15-11-18/h4-16,29H,17H2,1-3H3/b26-16+. The zero-order valence-electron chi connectivity index (χ0n) is 17.0. The maximum atomic E-state index is 9.45. The van der Waals surface area contributed by atoms with Crippen molar-refractivity contribution in [1.29, 1.82) is 0 Å². The van der Waals surface area contributed by atoms with E-state index in [1.807, 2.05) is 30.3 Å². The lowest BCUT2D eigenvalue weighted by Gasteiger charge is -2.19. The van der Waals surface area contributed by atoms with Crippen LogP contribution in [0.25, 0.3) is 11.0 Å². The smallest absolute Gasteiger partial charge is 0.230 e. The molecule has 146 valence electrons. The number of imidazole rings is 1. The predicted molar refractivity (Wildman–Crippen MR) is 119 cm³/mol. The number of hydrogen-bond acceptors (Lipinski definition) is 3. The number of hydrogen-bond donors (Lipinski definition) is 1. The SMILES string of the molecule is CC(C)(C)c1ccc(Cn2c(/N=C/c3ccc(O)cc3)nc3ccccc32)cc1. The number of phenols is 1. The molecule has 4 rings (SSSR count). The van der Waals surface area contributed by atoms with Crippen molar-refractivity contribution in [3.63, 3.8) is 0 Å². The summed E-state index contributed by atoms with van der Waals surface area (Å²) in [5.41, 5.74) is 5.57. The summed E-state index contributed by atoms with van der Waals surface area (Å²) < 4.78 is 2.14. The summed E-state index contributed by atoms with van der Waals surface area (Å²) in [6, 6.07) is 23.8. The monoisotopic (exact) mass is 383 g/mol. The Balaban J connectivity index is 1.69. The molecular formula is C25H25N3O. The molecule has 1 N–H and O–H groups in total. The first-order chi connectivity index (χ1) is 13.9. The van der Waals surface area contributed by atoms with Crippen molar-refractivity contribution in [2.45, 2.75) is 32.7 Å². The molecule has 0 aliphatic heterocycles. The molecular weight excluding hydrogens is 358 g/mol. The van der Waals surface area contributed by atoms with E-state index >= 15 is 0 Å². The van der Waals surface area contributed by atoms with Crippen LogP contribution in [-0.2, 0) is 12.0 Å². The molecule has 0 spiro atoms. The largest absolute Gasteiger partial charge is 0.508 e. The van der Waals surface area contributed by atoms with Gasteiger partial charge in [0, 0.05) is 6.21 Å². The zero-order valence-corrected chi connectivity index (χ0v) is 17.0. The first-order valence-corrected chi connectivity index (χ1v) is 9.78. The number of rotatable bonds is 4. The highest BCUT2D eigenvalue weighted by Gasteiger charge is 2.14. The van der Waals surface area contributed by atoms with Gasteiger partial charge in [0.2, 0.25) is 5.95 Å². The summed E-state index contributed by atoms with van der Waals surface area (Å²) in [5, 5.41) is 9.45. The van der Waals surface area contributed by atoms with Crippen molar-refractivity contribution in [1.82, 2.24) is 9.55 Å². The summed E-state index contributed by atoms with van der Waals surface area (Å²) >= 11 is 0. The third-order valence-corrected chi connectivity index (χ3v) is 5.02. The molecule has 0 aliphatic carbocycles. The first-order valence-electron chi connectivity index (χ1n) is 9.78. The summed E-state index contributed by atoms with van der Waals surface area (Å²) in [6.07, 6.45) is 1.78. The highest BCUT2D eigenvalue weighted by molar-refractivity contribution is 5.84. The average molecular weight is 383 g/mol. The van der Waals surface area contributed by atoms with Crippen molar-refractivity contribution in [3.05, 3.63) is 89.5 Å². The van der Waals surface area contributed by atoms with Crippen LogP contribution in [0.2, 0.25) is 0 Å². The first kappa shape index (κ1) is 18.9. The molecule has 1 heterocycles. The van der Waals surface area contributed by atoms with Gasteiger partial charge in [-0.05, 0) is 58.5 Å². The van der Waals surface area contributed by atoms with Crippen molar-refractivity contribution < 1.29 is 5.11 Å². The Labute approximate surface area is 171 Å². The van der Waals surface area contributed by atoms with Gasteiger partial charge < -0.3 is 9.67 Å². The topological polar surface area (TPSA) is 50.4 Å². The van der Waals surface area contributed by atoms with Gasteiger partial charge in [0.15, 0.2) is 0 Å². The summed E-state index contributed by atoms with van der Waals surface area (Å²) in [6.45, 7) is 7.37. The van der Waals surface area contributed by atoms with E-state index in [0.717, 1.165) is 16.6 Å². The van der Waals surface area contributed by atoms with Gasteiger partial charge >= 0.3 is 0 Å². The minimum atomic E-state index is 0.139. The van der Waals surface area contributed by atoms with Crippen LogP contribution in [0, 0.1) is 0 Å². The van der Waals surface area contributed by atoms with E-state index in [1.54, 1.807) is 18.3 Å². The van der Waals surface area contributed by atoms with Crippen molar-refractivity contribution in [2.75, 3.05) is 0 Å². The maximum absolute atomic E-state index is 9.45. The molecule has 0 bridgehead atoms. The molecule has 3 aromatic carbocycles. The number of benzene rings is 3. The number of nitrogens with zero attached hydrogens (tertiary/aromatic N) is 3. The number of para-hydroxylation sites is 2. The van der Waals surface area contributed by atoms with E-state index in [0.29, 0.717) is 12.5 Å². The van der Waals surface area contributed by atoms with Gasteiger partial charge in [0.25, 0.3) is 0 Å². The number of fused-ring (bicyclic) bond motifs is 1. The molecule has 29 heavy (non-hydrogen) atoms. The molecule has 0 radical (unpaired) electrons. The summed E-state index contributed by atoms with van der Waals surface area (Å²) in [4.78, 5) is 9.36. The van der Waals surface area contributed by atoms with Crippen molar-refractivity contribution in [3.8, 4) is 5.75 Å². The molecule has 4 aromatic rings. The van der Waals surface area contributed by atoms with Crippen LogP contribution in [0.3, 0.4) is 0 Å². The second kappa shape index (κ2) is 7.55. The van der Waals surface area contributed by atoms with Crippen molar-refractivity contribution >= 4 is 23.2 Å². The van der Waals surface area contributed by atoms with Gasteiger partial charge in [-0.25, -0.2) is 9.98 Å². The van der Waals surface area contributed by atoms with E-state index < -0.39 is 0 Å². The zero-order chi connectivity index (χ0) is 20.4. The van der Waals surface area contributed by atoms with Gasteiger partial charge in [-0.1, -0.05) is 57.2 Å². The summed E-state index contributed by atoms with van der Waals surface area (Å²) in [7, 11) is 0. The highest BCUT2D eigenvalue weighted by atomic mass is 16.3. The third-order valence-electron chi connectivity index (χ3n) is 5.02. The van der Waals surface area contributed by atoms with Crippen LogP contribution in [0.4, 0.5) is 5.95 Å². The molecule has 0 aliphatic rings. The Hall–Kier alpha value is -3.40. The fraction of sp³-hybridized carbons (Fsp3) is 0.200. The second-order valence-electron chi connectivity index (χ2n) is 8.28. The van der Waals surface area contributed by atoms with E-state index in [4.69, 9.17) is 4.98 Å². The van der Waals surface area contributed by atoms with Crippen LogP contribution >= 0.6 is 0 Å². The van der Waals surface area contributed by atoms with Crippen LogP contribution in [0.15, 0.2) is 77.8 Å². The maximum Gasteiger partial charge on any atom is 0.230 e. The Morgan fingerprint density at radius 2 is 1.62 bits per heavy atom. The molecule has 4 heteroatoms. The van der Waals surface area contributed by atoms with Gasteiger partial charge in [0.05, 0.1) is 17.6 Å². The number of phenolic OH excluding ortho intramolecular Hbond substituents is 1. The fourth-order valence-corrected chi connectivity index (χ4v) is 3.30. The molecule has 0 atom stereocenters. The number of aromatic nitrogens is 2.